The Kier molecular flexibility index (Phi) is 4.23. The van der Waals surface area contributed by atoms with Crippen molar-refractivity contribution in [3.63, 3.8) is 0 Å². The lowest BCUT2D eigenvalue weighted by molar-refractivity contribution is 0.300. The van der Waals surface area contributed by atoms with Gasteiger partial charge in [0, 0.05) is 23.4 Å². The Labute approximate surface area is 89.9 Å². The van der Waals surface area contributed by atoms with Crippen molar-refractivity contribution in [3.8, 4) is 0 Å². The molecule has 0 atom stereocenters. The summed E-state index contributed by atoms with van der Waals surface area (Å²) in [6, 6.07) is 6.05. The van der Waals surface area contributed by atoms with Crippen LogP contribution in [-0.2, 0) is 6.42 Å². The maximum atomic E-state index is 8.89. The summed E-state index contributed by atoms with van der Waals surface area (Å²) in [5, 5.41) is 12.9. The van der Waals surface area contributed by atoms with Gasteiger partial charge in [-0.1, -0.05) is 17.7 Å². The van der Waals surface area contributed by atoms with E-state index in [1.165, 1.54) is 0 Å². The van der Waals surface area contributed by atoms with Gasteiger partial charge in [0.1, 0.15) is 0 Å². The van der Waals surface area contributed by atoms with E-state index in [1.807, 2.05) is 18.2 Å². The Hall–Kier alpha value is -0.730. The quantitative estimate of drug-likeness (QED) is 0.806. The third kappa shape index (κ3) is 3.20. The van der Waals surface area contributed by atoms with Crippen LogP contribution in [0.5, 0.6) is 0 Å². The molecule has 0 saturated heterocycles. The number of benzene rings is 1. The number of nitrogens with one attached hydrogen (secondary N) is 1. The van der Waals surface area contributed by atoms with Gasteiger partial charge >= 0.3 is 0 Å². The Bertz CT molecular complexity index is 299. The Morgan fingerprint density at radius 2 is 2.14 bits per heavy atom. The van der Waals surface area contributed by atoms with Crippen LogP contribution in [0.4, 0.5) is 5.69 Å². The number of aliphatic hydroxyl groups excluding tert-OH is 1. The standard InChI is InChI=1S/C11H16ClNO/c1-8(2)13-11-7-10(12)4-3-9(11)5-6-14/h3-4,7-8,13-14H,5-6H2,1-2H3. The van der Waals surface area contributed by atoms with Gasteiger partial charge in [-0.2, -0.15) is 0 Å². The molecule has 0 amide bonds. The zero-order valence-corrected chi connectivity index (χ0v) is 9.30. The first-order valence-corrected chi connectivity index (χ1v) is 5.17. The van der Waals surface area contributed by atoms with Crippen LogP contribution in [0.15, 0.2) is 18.2 Å². The summed E-state index contributed by atoms with van der Waals surface area (Å²) in [5.41, 5.74) is 2.12. The summed E-state index contributed by atoms with van der Waals surface area (Å²) in [5.74, 6) is 0. The molecule has 1 aromatic carbocycles. The number of hydrogen-bond acceptors (Lipinski definition) is 2. The average Bonchev–Trinajstić information content (AvgIpc) is 2.09. The highest BCUT2D eigenvalue weighted by Crippen LogP contribution is 2.22. The largest absolute Gasteiger partial charge is 0.396 e. The predicted molar refractivity (Wildman–Crippen MR) is 61.0 cm³/mol. The molecule has 78 valence electrons. The molecule has 0 aliphatic carbocycles. The molecule has 0 saturated carbocycles. The van der Waals surface area contributed by atoms with Crippen molar-refractivity contribution in [1.82, 2.24) is 0 Å². The van der Waals surface area contributed by atoms with Crippen LogP contribution in [0, 0.1) is 0 Å². The third-order valence-corrected chi connectivity index (χ3v) is 2.13. The van der Waals surface area contributed by atoms with Gasteiger partial charge < -0.3 is 10.4 Å². The van der Waals surface area contributed by atoms with Gasteiger partial charge in [-0.15, -0.1) is 0 Å². The predicted octanol–water partition coefficient (Wildman–Crippen LogP) is 2.70. The second kappa shape index (κ2) is 5.23. The van der Waals surface area contributed by atoms with E-state index in [-0.39, 0.29) is 6.61 Å². The third-order valence-electron chi connectivity index (χ3n) is 1.90. The van der Waals surface area contributed by atoms with E-state index in [9.17, 15) is 0 Å². The summed E-state index contributed by atoms with van der Waals surface area (Å²) in [7, 11) is 0. The fraction of sp³-hybridized carbons (Fsp3) is 0.455. The SMILES string of the molecule is CC(C)Nc1cc(Cl)ccc1CCO. The van der Waals surface area contributed by atoms with Gasteiger partial charge in [-0.05, 0) is 38.0 Å². The van der Waals surface area contributed by atoms with Gasteiger partial charge in [0.05, 0.1) is 0 Å². The van der Waals surface area contributed by atoms with Crippen LogP contribution in [-0.4, -0.2) is 17.8 Å². The molecule has 14 heavy (non-hydrogen) atoms. The second-order valence-corrected chi connectivity index (χ2v) is 4.01. The highest BCUT2D eigenvalue weighted by Gasteiger charge is 2.03. The molecule has 0 spiro atoms. The topological polar surface area (TPSA) is 32.3 Å². The molecule has 0 heterocycles. The summed E-state index contributed by atoms with van der Waals surface area (Å²) in [4.78, 5) is 0. The normalized spacial score (nSPS) is 10.6. The molecule has 0 fully saturated rings. The van der Waals surface area contributed by atoms with Crippen molar-refractivity contribution in [3.05, 3.63) is 28.8 Å². The summed E-state index contributed by atoms with van der Waals surface area (Å²) < 4.78 is 0. The molecule has 0 aliphatic heterocycles. The first-order chi connectivity index (χ1) is 6.63. The summed E-state index contributed by atoms with van der Waals surface area (Å²) in [6.45, 7) is 4.31. The first-order valence-electron chi connectivity index (χ1n) is 4.79. The van der Waals surface area contributed by atoms with Crippen molar-refractivity contribution in [1.29, 1.82) is 0 Å². The van der Waals surface area contributed by atoms with E-state index < -0.39 is 0 Å². The average molecular weight is 214 g/mol. The lowest BCUT2D eigenvalue weighted by Crippen LogP contribution is -2.11. The molecule has 0 unspecified atom stereocenters. The van der Waals surface area contributed by atoms with Crippen molar-refractivity contribution < 1.29 is 5.11 Å². The van der Waals surface area contributed by atoms with Crippen LogP contribution < -0.4 is 5.32 Å². The molecule has 1 rings (SSSR count). The number of rotatable bonds is 4. The minimum atomic E-state index is 0.161. The molecule has 2 N–H and O–H groups in total. The smallest absolute Gasteiger partial charge is 0.0472 e. The Morgan fingerprint density at radius 1 is 1.43 bits per heavy atom. The van der Waals surface area contributed by atoms with Crippen molar-refractivity contribution in [2.45, 2.75) is 26.3 Å². The molecule has 2 nitrogen and oxygen atoms in total. The van der Waals surface area contributed by atoms with Crippen LogP contribution in [0.2, 0.25) is 5.02 Å². The maximum absolute atomic E-state index is 8.89. The molecular weight excluding hydrogens is 198 g/mol. The number of hydrogen-bond donors (Lipinski definition) is 2. The first kappa shape index (κ1) is 11.3. The van der Waals surface area contributed by atoms with Gasteiger partial charge in [0.2, 0.25) is 0 Å². The second-order valence-electron chi connectivity index (χ2n) is 3.57. The number of aliphatic hydroxyl groups is 1. The van der Waals surface area contributed by atoms with Crippen LogP contribution in [0.25, 0.3) is 0 Å². The molecule has 0 bridgehead atoms. The fourth-order valence-electron chi connectivity index (χ4n) is 1.33. The van der Waals surface area contributed by atoms with Gasteiger partial charge in [-0.25, -0.2) is 0 Å². The maximum Gasteiger partial charge on any atom is 0.0472 e. The van der Waals surface area contributed by atoms with E-state index in [1.54, 1.807) is 0 Å². The zero-order chi connectivity index (χ0) is 10.6. The lowest BCUT2D eigenvalue weighted by atomic mass is 10.1. The molecule has 1 aromatic rings. The van der Waals surface area contributed by atoms with Crippen LogP contribution in [0.1, 0.15) is 19.4 Å². The summed E-state index contributed by atoms with van der Waals surface area (Å²) in [6.07, 6.45) is 0.659. The minimum absolute atomic E-state index is 0.161. The minimum Gasteiger partial charge on any atom is -0.396 e. The van der Waals surface area contributed by atoms with Crippen LogP contribution >= 0.6 is 11.6 Å². The van der Waals surface area contributed by atoms with E-state index in [4.69, 9.17) is 16.7 Å². The Balaban J connectivity index is 2.90. The zero-order valence-electron chi connectivity index (χ0n) is 8.55. The van der Waals surface area contributed by atoms with Gasteiger partial charge in [-0.3, -0.25) is 0 Å². The van der Waals surface area contributed by atoms with Crippen molar-refractivity contribution >= 4 is 17.3 Å². The van der Waals surface area contributed by atoms with E-state index in [0.29, 0.717) is 12.5 Å². The van der Waals surface area contributed by atoms with Crippen molar-refractivity contribution in [2.75, 3.05) is 11.9 Å². The molecule has 0 aliphatic rings. The van der Waals surface area contributed by atoms with E-state index in [2.05, 4.69) is 19.2 Å². The van der Waals surface area contributed by atoms with E-state index in [0.717, 1.165) is 16.3 Å². The van der Waals surface area contributed by atoms with Gasteiger partial charge in [0.25, 0.3) is 0 Å². The number of halogens is 1. The molecular formula is C11H16ClNO. The van der Waals surface area contributed by atoms with Crippen LogP contribution in [0.3, 0.4) is 0 Å². The van der Waals surface area contributed by atoms with Gasteiger partial charge in [0.15, 0.2) is 0 Å². The van der Waals surface area contributed by atoms with E-state index >= 15 is 0 Å². The fourth-order valence-corrected chi connectivity index (χ4v) is 1.50. The highest BCUT2D eigenvalue weighted by molar-refractivity contribution is 6.30. The number of anilines is 1. The molecule has 0 radical (unpaired) electrons. The highest BCUT2D eigenvalue weighted by atomic mass is 35.5. The molecule has 3 heteroatoms. The lowest BCUT2D eigenvalue weighted by Gasteiger charge is -2.14. The summed E-state index contributed by atoms with van der Waals surface area (Å²) >= 11 is 5.90. The molecule has 0 aromatic heterocycles. The monoisotopic (exact) mass is 213 g/mol. The Morgan fingerprint density at radius 3 is 2.71 bits per heavy atom. The van der Waals surface area contributed by atoms with Crippen molar-refractivity contribution in [2.24, 2.45) is 0 Å².